The van der Waals surface area contributed by atoms with Crippen molar-refractivity contribution >= 4 is 58.0 Å². The molecule has 5 aliphatic heterocycles. The summed E-state index contributed by atoms with van der Waals surface area (Å²) in [6.45, 7) is 7.95. The van der Waals surface area contributed by atoms with E-state index >= 15 is 0 Å². The van der Waals surface area contributed by atoms with E-state index in [1.165, 1.54) is 0 Å². The molecule has 1 unspecified atom stereocenters. The number of carbonyl (C=O) groups excluding carboxylic acids is 4. The van der Waals surface area contributed by atoms with E-state index < -0.39 is 6.04 Å². The van der Waals surface area contributed by atoms with E-state index in [0.717, 1.165) is 99.7 Å². The van der Waals surface area contributed by atoms with Crippen LogP contribution in [0.1, 0.15) is 60.9 Å². The molecule has 0 aromatic heterocycles. The monoisotopic (exact) mass is 776 g/mol. The van der Waals surface area contributed by atoms with Crippen LogP contribution in [0.3, 0.4) is 0 Å². The summed E-state index contributed by atoms with van der Waals surface area (Å²) in [4.78, 5) is 61.4. The van der Waals surface area contributed by atoms with Gasteiger partial charge in [-0.25, -0.2) is 0 Å². The van der Waals surface area contributed by atoms with Gasteiger partial charge in [0, 0.05) is 93.6 Å². The fourth-order valence-electron chi connectivity index (χ4n) is 9.22. The first-order valence-electron chi connectivity index (χ1n) is 20.0. The first-order valence-corrected chi connectivity index (χ1v) is 20.3. The van der Waals surface area contributed by atoms with Crippen LogP contribution in [0.2, 0.25) is 5.02 Å². The largest absolute Gasteiger partial charge is 0.374 e. The van der Waals surface area contributed by atoms with Gasteiger partial charge in [0.25, 0.3) is 5.91 Å². The van der Waals surface area contributed by atoms with Gasteiger partial charge in [-0.1, -0.05) is 17.7 Å². The second-order valence-electron chi connectivity index (χ2n) is 16.2. The van der Waals surface area contributed by atoms with Gasteiger partial charge in [-0.3, -0.25) is 29.4 Å². The van der Waals surface area contributed by atoms with Crippen molar-refractivity contribution in [2.75, 3.05) is 85.5 Å². The van der Waals surface area contributed by atoms with Gasteiger partial charge >= 0.3 is 0 Å². The molecule has 13 heteroatoms. The number of hydrogen-bond acceptors (Lipinski definition) is 9. The molecule has 12 nitrogen and oxygen atoms in total. The quantitative estimate of drug-likeness (QED) is 0.299. The number of rotatable bonds is 8. The van der Waals surface area contributed by atoms with Crippen LogP contribution in [0.25, 0.3) is 0 Å². The van der Waals surface area contributed by atoms with Gasteiger partial charge in [-0.15, -0.1) is 0 Å². The average Bonchev–Trinajstić information content (AvgIpc) is 3.62. The maximum absolute atomic E-state index is 13.5. The van der Waals surface area contributed by atoms with Crippen molar-refractivity contribution in [2.45, 2.75) is 51.0 Å². The lowest BCUT2D eigenvalue weighted by atomic mass is 9.77. The van der Waals surface area contributed by atoms with Gasteiger partial charge in [0.2, 0.25) is 17.7 Å². The van der Waals surface area contributed by atoms with Gasteiger partial charge in [0.05, 0.1) is 17.1 Å². The van der Waals surface area contributed by atoms with Crippen LogP contribution < -0.4 is 25.3 Å². The molecule has 2 N–H and O–H groups in total. The minimum absolute atomic E-state index is 0.0464. The number of halogens is 1. The molecular formula is C43H49ClN8O4. The van der Waals surface area contributed by atoms with Crippen LogP contribution in [0.15, 0.2) is 66.7 Å². The lowest BCUT2D eigenvalue weighted by Crippen LogP contribution is -2.52. The van der Waals surface area contributed by atoms with Crippen molar-refractivity contribution in [3.63, 3.8) is 0 Å². The fourth-order valence-corrected chi connectivity index (χ4v) is 9.44. The zero-order chi connectivity index (χ0) is 38.8. The number of piperidine rings is 3. The molecule has 0 bridgehead atoms. The highest BCUT2D eigenvalue weighted by Crippen LogP contribution is 2.43. The molecule has 5 heterocycles. The minimum Gasteiger partial charge on any atom is -0.374 e. The molecule has 5 fully saturated rings. The smallest absolute Gasteiger partial charge is 0.253 e. The number of likely N-dealkylation sites (tertiary alicyclic amines) is 1. The van der Waals surface area contributed by atoms with E-state index in [-0.39, 0.29) is 29.0 Å². The summed E-state index contributed by atoms with van der Waals surface area (Å²) in [5.41, 5.74) is 5.31. The van der Waals surface area contributed by atoms with Crippen molar-refractivity contribution in [3.05, 3.63) is 82.9 Å². The Hall–Kier alpha value is -5.12. The number of imide groups is 1. The van der Waals surface area contributed by atoms with Crippen LogP contribution in [0, 0.1) is 22.7 Å². The van der Waals surface area contributed by atoms with Crippen molar-refractivity contribution in [2.24, 2.45) is 11.3 Å². The Bertz CT molecular complexity index is 2020. The zero-order valence-corrected chi connectivity index (χ0v) is 32.5. The maximum Gasteiger partial charge on any atom is 0.253 e. The third-order valence-corrected chi connectivity index (χ3v) is 12.9. The molecule has 292 valence electrons. The van der Waals surface area contributed by atoms with Gasteiger partial charge in [0.15, 0.2) is 0 Å². The number of nitrogens with zero attached hydrogens (tertiary/aromatic N) is 6. The lowest BCUT2D eigenvalue weighted by molar-refractivity contribution is -0.133. The lowest BCUT2D eigenvalue weighted by Gasteiger charge is -2.40. The Balaban J connectivity index is 0.768. The average molecular weight is 777 g/mol. The van der Waals surface area contributed by atoms with E-state index in [2.05, 4.69) is 43.5 Å². The number of hydrogen-bond donors (Lipinski definition) is 2. The standard InChI is InChI=1S/C43H49ClN8O4/c44-37-25-35(9-6-32(37)26-45)51-21-16-43(29-51)14-19-49(20-15-43)34-7-4-31(5-8-34)42(56)50-17-12-30(13-18-50)27-48-22-23-52(40(54)28-48)36-3-1-2-33(24-36)46-38-10-11-39(53)47-41(38)55/h1-9,24-25,30,38,46H,10-23,27-29H2,(H,47,53,55). The second-order valence-corrected chi connectivity index (χ2v) is 16.6. The van der Waals surface area contributed by atoms with Crippen molar-refractivity contribution in [1.82, 2.24) is 15.1 Å². The molecule has 3 aromatic rings. The topological polar surface area (TPSA) is 132 Å². The second kappa shape index (κ2) is 16.2. The highest BCUT2D eigenvalue weighted by Gasteiger charge is 2.41. The third-order valence-electron chi connectivity index (χ3n) is 12.6. The molecule has 4 amide bonds. The Morgan fingerprint density at radius 3 is 2.27 bits per heavy atom. The summed E-state index contributed by atoms with van der Waals surface area (Å²) in [5.74, 6) is -0.0163. The number of nitriles is 1. The van der Waals surface area contributed by atoms with Gasteiger partial charge < -0.3 is 24.9 Å². The number of nitrogens with one attached hydrogen (secondary N) is 2. The number of piperazine rings is 1. The molecule has 0 aliphatic carbocycles. The number of carbonyl (C=O) groups is 4. The van der Waals surface area contributed by atoms with E-state index in [0.29, 0.717) is 55.5 Å². The van der Waals surface area contributed by atoms with E-state index in [1.54, 1.807) is 4.90 Å². The van der Waals surface area contributed by atoms with Gasteiger partial charge in [-0.2, -0.15) is 5.26 Å². The molecule has 1 atom stereocenters. The fraction of sp³-hybridized carbons (Fsp3) is 0.465. The number of anilines is 4. The molecule has 1 spiro atoms. The van der Waals surface area contributed by atoms with Crippen LogP contribution in [-0.2, 0) is 14.4 Å². The van der Waals surface area contributed by atoms with E-state index in [1.807, 2.05) is 59.5 Å². The zero-order valence-electron chi connectivity index (χ0n) is 31.7. The van der Waals surface area contributed by atoms with Gasteiger partial charge in [-0.05, 0) is 111 Å². The first kappa shape index (κ1) is 37.8. The molecule has 56 heavy (non-hydrogen) atoms. The summed E-state index contributed by atoms with van der Waals surface area (Å²) in [7, 11) is 0. The third kappa shape index (κ3) is 8.20. The summed E-state index contributed by atoms with van der Waals surface area (Å²) in [6.07, 6.45) is 5.96. The summed E-state index contributed by atoms with van der Waals surface area (Å²) in [5, 5.41) is 15.3. The molecule has 5 saturated heterocycles. The molecule has 0 saturated carbocycles. The maximum atomic E-state index is 13.5. The Labute approximate surface area is 333 Å². The van der Waals surface area contributed by atoms with E-state index in [4.69, 9.17) is 11.6 Å². The minimum atomic E-state index is -0.480. The molecule has 0 radical (unpaired) electrons. The molecule has 8 rings (SSSR count). The SMILES string of the molecule is N#Cc1ccc(N2CCC3(CCN(c4ccc(C(=O)N5CCC(CN6CCN(c7cccc(NC8CCC(=O)NC8=O)c7)C(=O)C6)CC5)cc4)CC3)C2)cc1Cl. The predicted octanol–water partition coefficient (Wildman–Crippen LogP) is 5.13. The normalized spacial score (nSPS) is 22.0. The number of amides is 4. The van der Waals surface area contributed by atoms with Crippen molar-refractivity contribution < 1.29 is 19.2 Å². The number of benzene rings is 3. The van der Waals surface area contributed by atoms with Crippen LogP contribution in [-0.4, -0.2) is 105 Å². The van der Waals surface area contributed by atoms with Gasteiger partial charge in [0.1, 0.15) is 12.1 Å². The Morgan fingerprint density at radius 2 is 1.57 bits per heavy atom. The highest BCUT2D eigenvalue weighted by molar-refractivity contribution is 6.32. The van der Waals surface area contributed by atoms with Crippen LogP contribution >= 0.6 is 11.6 Å². The van der Waals surface area contributed by atoms with Crippen molar-refractivity contribution in [1.29, 1.82) is 5.26 Å². The van der Waals surface area contributed by atoms with Crippen LogP contribution in [0.4, 0.5) is 22.7 Å². The Morgan fingerprint density at radius 1 is 0.839 bits per heavy atom. The molecular weight excluding hydrogens is 728 g/mol. The highest BCUT2D eigenvalue weighted by atomic mass is 35.5. The first-order chi connectivity index (χ1) is 27.1. The Kier molecular flexibility index (Phi) is 10.9. The van der Waals surface area contributed by atoms with Crippen molar-refractivity contribution in [3.8, 4) is 6.07 Å². The summed E-state index contributed by atoms with van der Waals surface area (Å²) < 4.78 is 0. The predicted molar refractivity (Wildman–Crippen MR) is 217 cm³/mol. The molecule has 5 aliphatic rings. The summed E-state index contributed by atoms with van der Waals surface area (Å²) >= 11 is 6.33. The molecule has 3 aromatic carbocycles. The summed E-state index contributed by atoms with van der Waals surface area (Å²) in [6, 6.07) is 23.1. The van der Waals surface area contributed by atoms with Crippen LogP contribution in [0.5, 0.6) is 0 Å². The van der Waals surface area contributed by atoms with E-state index in [9.17, 15) is 24.4 Å².